The Morgan fingerprint density at radius 3 is 2.70 bits per heavy atom. The van der Waals surface area contributed by atoms with Crippen molar-refractivity contribution in [2.75, 3.05) is 17.3 Å². The highest BCUT2D eigenvalue weighted by molar-refractivity contribution is 7.07. The average Bonchev–Trinajstić information content (AvgIpc) is 2.90. The number of nitrogens with two attached hydrogens (primary N) is 1. The Bertz CT molecular complexity index is 556. The first-order valence-electron chi connectivity index (χ1n) is 5.67. The molecule has 0 radical (unpaired) electrons. The van der Waals surface area contributed by atoms with Crippen LogP contribution in [0.15, 0.2) is 22.9 Å². The van der Waals surface area contributed by atoms with Crippen molar-refractivity contribution in [1.82, 2.24) is 9.97 Å². The van der Waals surface area contributed by atoms with E-state index in [2.05, 4.69) is 15.3 Å². The number of nitrogen functional groups attached to an aromatic ring is 1. The third-order valence-electron chi connectivity index (χ3n) is 2.45. The predicted octanol–water partition coefficient (Wildman–Crippen LogP) is 2.50. The van der Waals surface area contributed by atoms with Gasteiger partial charge in [-0.2, -0.15) is 29.5 Å². The average molecular weight is 303 g/mol. The fourth-order valence-corrected chi connectivity index (χ4v) is 2.22. The Balaban J connectivity index is 2.06. The SMILES string of the molecule is NNc1nc(NCCc2ccsc2)cc(C(F)(F)F)n1. The number of anilines is 2. The second-order valence-corrected chi connectivity index (χ2v) is 4.69. The van der Waals surface area contributed by atoms with E-state index in [-0.39, 0.29) is 11.8 Å². The zero-order valence-electron chi connectivity index (χ0n) is 10.2. The summed E-state index contributed by atoms with van der Waals surface area (Å²) in [5, 5.41) is 6.75. The molecule has 0 aliphatic carbocycles. The molecular weight excluding hydrogens is 291 g/mol. The molecule has 0 saturated carbocycles. The number of hydrazine groups is 1. The molecule has 0 atom stereocenters. The molecule has 0 saturated heterocycles. The van der Waals surface area contributed by atoms with Gasteiger partial charge in [0.05, 0.1) is 0 Å². The van der Waals surface area contributed by atoms with Crippen LogP contribution < -0.4 is 16.6 Å². The van der Waals surface area contributed by atoms with E-state index in [9.17, 15) is 13.2 Å². The van der Waals surface area contributed by atoms with Crippen LogP contribution in [0.2, 0.25) is 0 Å². The topological polar surface area (TPSA) is 75.9 Å². The second kappa shape index (κ2) is 6.06. The minimum atomic E-state index is -4.54. The summed E-state index contributed by atoms with van der Waals surface area (Å²) in [5.41, 5.74) is 2.10. The van der Waals surface area contributed by atoms with Crippen LogP contribution in [-0.2, 0) is 12.6 Å². The van der Waals surface area contributed by atoms with Crippen molar-refractivity contribution >= 4 is 23.1 Å². The van der Waals surface area contributed by atoms with Gasteiger partial charge in [0.2, 0.25) is 5.95 Å². The van der Waals surface area contributed by atoms with Crippen molar-refractivity contribution in [2.24, 2.45) is 5.84 Å². The largest absolute Gasteiger partial charge is 0.433 e. The Morgan fingerprint density at radius 2 is 2.10 bits per heavy atom. The van der Waals surface area contributed by atoms with Gasteiger partial charge >= 0.3 is 6.18 Å². The van der Waals surface area contributed by atoms with E-state index in [1.165, 1.54) is 0 Å². The molecule has 4 N–H and O–H groups in total. The van der Waals surface area contributed by atoms with Gasteiger partial charge in [-0.25, -0.2) is 10.8 Å². The van der Waals surface area contributed by atoms with E-state index in [0.717, 1.165) is 11.6 Å². The van der Waals surface area contributed by atoms with Crippen LogP contribution in [-0.4, -0.2) is 16.5 Å². The third-order valence-corrected chi connectivity index (χ3v) is 3.18. The molecule has 0 amide bonds. The van der Waals surface area contributed by atoms with Gasteiger partial charge in [-0.3, -0.25) is 5.43 Å². The lowest BCUT2D eigenvalue weighted by Crippen LogP contribution is -2.17. The summed E-state index contributed by atoms with van der Waals surface area (Å²) in [4.78, 5) is 7.10. The molecule has 2 heterocycles. The number of hydrogen-bond donors (Lipinski definition) is 3. The first kappa shape index (κ1) is 14.5. The Labute approximate surface area is 117 Å². The van der Waals surface area contributed by atoms with Crippen LogP contribution in [0.4, 0.5) is 24.9 Å². The Morgan fingerprint density at radius 1 is 1.30 bits per heavy atom. The summed E-state index contributed by atoms with van der Waals surface area (Å²) in [5.74, 6) is 4.87. The maximum Gasteiger partial charge on any atom is 0.433 e. The molecule has 5 nitrogen and oxygen atoms in total. The van der Waals surface area contributed by atoms with Crippen LogP contribution in [0.3, 0.4) is 0 Å². The summed E-state index contributed by atoms with van der Waals surface area (Å²) in [7, 11) is 0. The quantitative estimate of drug-likeness (QED) is 0.584. The zero-order chi connectivity index (χ0) is 14.6. The first-order valence-corrected chi connectivity index (χ1v) is 6.61. The van der Waals surface area contributed by atoms with E-state index in [1.807, 2.05) is 22.3 Å². The molecule has 0 aromatic carbocycles. The first-order chi connectivity index (χ1) is 9.49. The molecule has 0 bridgehead atoms. The van der Waals surface area contributed by atoms with Gasteiger partial charge in [0.15, 0.2) is 5.69 Å². The van der Waals surface area contributed by atoms with Crippen molar-refractivity contribution in [3.63, 3.8) is 0 Å². The molecule has 0 spiro atoms. The van der Waals surface area contributed by atoms with Gasteiger partial charge in [-0.15, -0.1) is 0 Å². The van der Waals surface area contributed by atoms with E-state index in [1.54, 1.807) is 11.3 Å². The van der Waals surface area contributed by atoms with Crippen LogP contribution in [0.1, 0.15) is 11.3 Å². The molecule has 0 fully saturated rings. The summed E-state index contributed by atoms with van der Waals surface area (Å²) in [6, 6.07) is 2.81. The molecule has 0 unspecified atom stereocenters. The van der Waals surface area contributed by atoms with Crippen molar-refractivity contribution in [2.45, 2.75) is 12.6 Å². The van der Waals surface area contributed by atoms with Crippen molar-refractivity contribution in [3.05, 3.63) is 34.2 Å². The number of nitrogens with one attached hydrogen (secondary N) is 2. The van der Waals surface area contributed by atoms with E-state index in [4.69, 9.17) is 5.84 Å². The van der Waals surface area contributed by atoms with Crippen molar-refractivity contribution in [1.29, 1.82) is 0 Å². The number of hydrogen-bond acceptors (Lipinski definition) is 6. The smallest absolute Gasteiger partial charge is 0.370 e. The van der Waals surface area contributed by atoms with E-state index >= 15 is 0 Å². The number of nitrogens with zero attached hydrogens (tertiary/aromatic N) is 2. The lowest BCUT2D eigenvalue weighted by Gasteiger charge is -2.11. The van der Waals surface area contributed by atoms with E-state index < -0.39 is 11.9 Å². The molecule has 0 aliphatic heterocycles. The van der Waals surface area contributed by atoms with Crippen LogP contribution in [0, 0.1) is 0 Å². The normalized spacial score (nSPS) is 11.4. The maximum absolute atomic E-state index is 12.6. The molecule has 108 valence electrons. The number of aromatic nitrogens is 2. The summed E-state index contributed by atoms with van der Waals surface area (Å²) in [6.45, 7) is 0.467. The van der Waals surface area contributed by atoms with E-state index in [0.29, 0.717) is 13.0 Å². The Kier molecular flexibility index (Phi) is 4.40. The third kappa shape index (κ3) is 3.81. The molecule has 20 heavy (non-hydrogen) atoms. The van der Waals surface area contributed by atoms with Gasteiger partial charge in [0, 0.05) is 12.6 Å². The molecule has 9 heteroatoms. The zero-order valence-corrected chi connectivity index (χ0v) is 11.1. The van der Waals surface area contributed by atoms with Gasteiger partial charge in [-0.05, 0) is 28.8 Å². The second-order valence-electron chi connectivity index (χ2n) is 3.91. The van der Waals surface area contributed by atoms with Gasteiger partial charge in [-0.1, -0.05) is 0 Å². The fraction of sp³-hybridized carbons (Fsp3) is 0.273. The number of halogens is 3. The molecule has 2 aromatic rings. The van der Waals surface area contributed by atoms with Gasteiger partial charge in [0.25, 0.3) is 0 Å². The predicted molar refractivity (Wildman–Crippen MR) is 71.4 cm³/mol. The van der Waals surface area contributed by atoms with Crippen LogP contribution in [0.5, 0.6) is 0 Å². The van der Waals surface area contributed by atoms with Crippen molar-refractivity contribution < 1.29 is 13.2 Å². The van der Waals surface area contributed by atoms with Crippen molar-refractivity contribution in [3.8, 4) is 0 Å². The lowest BCUT2D eigenvalue weighted by molar-refractivity contribution is -0.141. The molecule has 2 aromatic heterocycles. The number of alkyl halides is 3. The number of rotatable bonds is 5. The maximum atomic E-state index is 12.6. The minimum absolute atomic E-state index is 0.0792. The molecule has 2 rings (SSSR count). The monoisotopic (exact) mass is 303 g/mol. The summed E-state index contributed by atoms with van der Waals surface area (Å²) < 4.78 is 37.9. The standard InChI is InChI=1S/C11H12F3N5S/c12-11(13,14)8-5-9(18-10(17-8)19-15)16-3-1-7-2-4-20-6-7/h2,4-6H,1,3,15H2,(H2,16,17,18,19). The highest BCUT2D eigenvalue weighted by Crippen LogP contribution is 2.29. The van der Waals surface area contributed by atoms with Gasteiger partial charge in [0.1, 0.15) is 5.82 Å². The Hall–Kier alpha value is -1.87. The molecular formula is C11H12F3N5S. The highest BCUT2D eigenvalue weighted by atomic mass is 32.1. The highest BCUT2D eigenvalue weighted by Gasteiger charge is 2.33. The van der Waals surface area contributed by atoms with Crippen LogP contribution >= 0.6 is 11.3 Å². The lowest BCUT2D eigenvalue weighted by atomic mass is 10.2. The fourth-order valence-electron chi connectivity index (χ4n) is 1.52. The molecule has 0 aliphatic rings. The number of thiophene rings is 1. The summed E-state index contributed by atoms with van der Waals surface area (Å²) >= 11 is 1.57. The van der Waals surface area contributed by atoms with Gasteiger partial charge < -0.3 is 5.32 Å². The minimum Gasteiger partial charge on any atom is -0.370 e. The summed E-state index contributed by atoms with van der Waals surface area (Å²) in [6.07, 6.45) is -3.85. The van der Waals surface area contributed by atoms with Crippen LogP contribution in [0.25, 0.3) is 0 Å².